The molecule has 38 heavy (non-hydrogen) atoms. The summed E-state index contributed by atoms with van der Waals surface area (Å²) < 4.78 is 0. The average Bonchev–Trinajstić information content (AvgIpc) is 3.60. The van der Waals surface area contributed by atoms with Crippen LogP contribution in [-0.4, -0.2) is 44.8 Å². The van der Waals surface area contributed by atoms with Crippen LogP contribution >= 0.6 is 0 Å². The van der Waals surface area contributed by atoms with Gasteiger partial charge in [0.25, 0.3) is 5.91 Å². The highest BCUT2D eigenvalue weighted by Gasteiger charge is 2.21. The van der Waals surface area contributed by atoms with Crippen LogP contribution < -0.4 is 10.2 Å². The predicted octanol–water partition coefficient (Wildman–Crippen LogP) is 4.79. The molecule has 1 aromatic carbocycles. The number of H-pyrrole nitrogens is 1. The van der Waals surface area contributed by atoms with Crippen molar-refractivity contribution in [3.63, 3.8) is 0 Å². The van der Waals surface area contributed by atoms with E-state index in [1.165, 1.54) is 0 Å². The molecule has 8 heteroatoms. The highest BCUT2D eigenvalue weighted by molar-refractivity contribution is 6.02. The Morgan fingerprint density at radius 1 is 0.947 bits per heavy atom. The molecule has 1 fully saturated rings. The zero-order chi connectivity index (χ0) is 25.9. The van der Waals surface area contributed by atoms with Gasteiger partial charge in [-0.2, -0.15) is 0 Å². The van der Waals surface area contributed by atoms with Crippen molar-refractivity contribution in [1.82, 2.24) is 25.3 Å². The molecule has 0 saturated carbocycles. The zero-order valence-corrected chi connectivity index (χ0v) is 20.7. The van der Waals surface area contributed by atoms with E-state index in [2.05, 4.69) is 31.3 Å². The number of benzene rings is 1. The number of hydrogen-bond acceptors (Lipinski definition) is 5. The minimum absolute atomic E-state index is 0.177. The molecule has 0 spiro atoms. The number of nitrogens with one attached hydrogen (secondary N) is 2. The summed E-state index contributed by atoms with van der Waals surface area (Å²) in [6.07, 6.45) is 11.1. The van der Waals surface area contributed by atoms with Gasteiger partial charge in [-0.05, 0) is 65.9 Å². The molecular weight excluding hydrogens is 476 g/mol. The van der Waals surface area contributed by atoms with Crippen LogP contribution in [0.5, 0.6) is 0 Å². The van der Waals surface area contributed by atoms with Gasteiger partial charge in [-0.25, -0.2) is 4.98 Å². The lowest BCUT2D eigenvalue weighted by Gasteiger charge is -2.16. The van der Waals surface area contributed by atoms with Crippen LogP contribution in [-0.2, 0) is 11.2 Å². The molecule has 5 aromatic rings. The Morgan fingerprint density at radius 2 is 1.82 bits per heavy atom. The fourth-order valence-electron chi connectivity index (χ4n) is 4.86. The Kier molecular flexibility index (Phi) is 6.35. The lowest BCUT2D eigenvalue weighted by molar-refractivity contribution is -0.117. The molecule has 5 heterocycles. The van der Waals surface area contributed by atoms with Crippen LogP contribution in [0.3, 0.4) is 0 Å². The minimum atomic E-state index is -0.179. The number of pyridine rings is 3. The van der Waals surface area contributed by atoms with Gasteiger partial charge < -0.3 is 15.2 Å². The van der Waals surface area contributed by atoms with Crippen LogP contribution in [0.15, 0.2) is 85.6 Å². The van der Waals surface area contributed by atoms with Crippen molar-refractivity contribution in [2.75, 3.05) is 18.0 Å². The van der Waals surface area contributed by atoms with E-state index in [1.807, 2.05) is 65.8 Å². The van der Waals surface area contributed by atoms with E-state index >= 15 is 0 Å². The molecule has 0 bridgehead atoms. The van der Waals surface area contributed by atoms with E-state index in [4.69, 9.17) is 0 Å². The largest absolute Gasteiger partial charge is 0.350 e. The fourth-order valence-corrected chi connectivity index (χ4v) is 4.86. The van der Waals surface area contributed by atoms with Crippen molar-refractivity contribution >= 4 is 28.5 Å². The van der Waals surface area contributed by atoms with Crippen molar-refractivity contribution in [3.8, 4) is 22.3 Å². The van der Waals surface area contributed by atoms with Gasteiger partial charge in [0, 0.05) is 72.7 Å². The highest BCUT2D eigenvalue weighted by atomic mass is 16.2. The number of amides is 2. The van der Waals surface area contributed by atoms with E-state index < -0.39 is 0 Å². The first kappa shape index (κ1) is 23.5. The normalized spacial score (nSPS) is 13.3. The highest BCUT2D eigenvalue weighted by Crippen LogP contribution is 2.31. The van der Waals surface area contributed by atoms with Gasteiger partial charge in [-0.3, -0.25) is 19.6 Å². The number of aromatic amines is 1. The standard InChI is InChI=1S/C30H26N6O2/c37-28-4-2-14-36(28)24-7-5-21(6-8-24)22-15-23(19-32-18-22)25-10-13-33-29-26(25)16-27(35-29)30(38)34-12-9-20-3-1-11-31-17-20/h1,3,5-8,10-11,13,15-19H,2,4,9,12,14H2,(H,33,35)(H,34,38). The van der Waals surface area contributed by atoms with Crippen molar-refractivity contribution in [2.24, 2.45) is 0 Å². The van der Waals surface area contributed by atoms with Gasteiger partial charge in [-0.15, -0.1) is 0 Å². The molecule has 0 unspecified atom stereocenters. The van der Waals surface area contributed by atoms with Crippen molar-refractivity contribution in [2.45, 2.75) is 19.3 Å². The first-order chi connectivity index (χ1) is 18.7. The van der Waals surface area contributed by atoms with E-state index in [1.54, 1.807) is 18.6 Å². The number of carbonyl (C=O) groups is 2. The number of carbonyl (C=O) groups excluding carboxylic acids is 2. The second-order valence-corrected chi connectivity index (χ2v) is 9.33. The van der Waals surface area contributed by atoms with Crippen molar-refractivity contribution < 1.29 is 9.59 Å². The van der Waals surface area contributed by atoms with Gasteiger partial charge in [0.1, 0.15) is 11.3 Å². The summed E-state index contributed by atoms with van der Waals surface area (Å²) in [5.41, 5.74) is 6.95. The Hall–Kier alpha value is -4.85. The predicted molar refractivity (Wildman–Crippen MR) is 147 cm³/mol. The average molecular weight is 503 g/mol. The molecular formula is C30H26N6O2. The minimum Gasteiger partial charge on any atom is -0.350 e. The monoisotopic (exact) mass is 502 g/mol. The third kappa shape index (κ3) is 4.76. The second-order valence-electron chi connectivity index (χ2n) is 9.33. The van der Waals surface area contributed by atoms with E-state index in [-0.39, 0.29) is 11.8 Å². The molecule has 1 saturated heterocycles. The molecule has 1 aliphatic rings. The zero-order valence-electron chi connectivity index (χ0n) is 20.7. The molecule has 2 amide bonds. The molecule has 188 valence electrons. The summed E-state index contributed by atoms with van der Waals surface area (Å²) in [5, 5.41) is 3.82. The summed E-state index contributed by atoms with van der Waals surface area (Å²) in [6.45, 7) is 1.28. The first-order valence-electron chi connectivity index (χ1n) is 12.7. The van der Waals surface area contributed by atoms with E-state index in [0.717, 1.165) is 51.9 Å². The maximum absolute atomic E-state index is 12.8. The lowest BCUT2D eigenvalue weighted by atomic mass is 10.0. The Labute approximate surface area is 219 Å². The van der Waals surface area contributed by atoms with Crippen LogP contribution in [0.1, 0.15) is 28.9 Å². The van der Waals surface area contributed by atoms with Crippen LogP contribution in [0, 0.1) is 0 Å². The summed E-state index contributed by atoms with van der Waals surface area (Å²) in [4.78, 5) is 42.9. The number of rotatable bonds is 7. The number of nitrogens with zero attached hydrogens (tertiary/aromatic N) is 4. The summed E-state index contributed by atoms with van der Waals surface area (Å²) >= 11 is 0. The van der Waals surface area contributed by atoms with Crippen molar-refractivity contribution in [3.05, 3.63) is 96.8 Å². The molecule has 0 atom stereocenters. The van der Waals surface area contributed by atoms with Gasteiger partial charge >= 0.3 is 0 Å². The lowest BCUT2D eigenvalue weighted by Crippen LogP contribution is -2.25. The summed E-state index contributed by atoms with van der Waals surface area (Å²) in [5.74, 6) is -0.00236. The molecule has 0 radical (unpaired) electrons. The third-order valence-corrected chi connectivity index (χ3v) is 6.83. The van der Waals surface area contributed by atoms with E-state index in [9.17, 15) is 9.59 Å². The van der Waals surface area contributed by atoms with E-state index in [0.29, 0.717) is 30.7 Å². The topological polar surface area (TPSA) is 104 Å². The fraction of sp³-hybridized carbons (Fsp3) is 0.167. The van der Waals surface area contributed by atoms with Gasteiger partial charge in [0.2, 0.25) is 5.91 Å². The van der Waals surface area contributed by atoms with Crippen LogP contribution in [0.4, 0.5) is 5.69 Å². The van der Waals surface area contributed by atoms with Crippen LogP contribution in [0.2, 0.25) is 0 Å². The molecule has 0 aliphatic carbocycles. The molecule has 6 rings (SSSR count). The van der Waals surface area contributed by atoms with Gasteiger partial charge in [0.15, 0.2) is 0 Å². The molecule has 8 nitrogen and oxygen atoms in total. The molecule has 4 aromatic heterocycles. The Balaban J connectivity index is 1.22. The second kappa shape index (κ2) is 10.3. The maximum Gasteiger partial charge on any atom is 0.267 e. The number of anilines is 1. The Morgan fingerprint density at radius 3 is 2.61 bits per heavy atom. The summed E-state index contributed by atoms with van der Waals surface area (Å²) in [7, 11) is 0. The third-order valence-electron chi connectivity index (χ3n) is 6.83. The molecule has 2 N–H and O–H groups in total. The number of hydrogen-bond donors (Lipinski definition) is 2. The first-order valence-corrected chi connectivity index (χ1v) is 12.7. The molecule has 1 aliphatic heterocycles. The van der Waals surface area contributed by atoms with Gasteiger partial charge in [0.05, 0.1) is 0 Å². The summed E-state index contributed by atoms with van der Waals surface area (Å²) in [6, 6.07) is 17.7. The van der Waals surface area contributed by atoms with Crippen molar-refractivity contribution in [1.29, 1.82) is 0 Å². The smallest absolute Gasteiger partial charge is 0.267 e. The maximum atomic E-state index is 12.8. The quantitative estimate of drug-likeness (QED) is 0.333. The number of fused-ring (bicyclic) bond motifs is 1. The van der Waals surface area contributed by atoms with Crippen LogP contribution in [0.25, 0.3) is 33.3 Å². The Bertz CT molecular complexity index is 1610. The number of aromatic nitrogens is 4. The van der Waals surface area contributed by atoms with Gasteiger partial charge in [-0.1, -0.05) is 18.2 Å². The SMILES string of the molecule is O=C(NCCc1cccnc1)c1cc2c(-c3cncc(-c4ccc(N5CCCC5=O)cc4)c3)ccnc2[nH]1.